The molecule has 0 aromatic heterocycles. The molecule has 0 heterocycles. The number of rotatable bonds is 6. The Morgan fingerprint density at radius 3 is 2.39 bits per heavy atom. The minimum Gasteiger partial charge on any atom is -0.314 e. The quantitative estimate of drug-likeness (QED) is 0.800. The van der Waals surface area contributed by atoms with Crippen LogP contribution in [0.25, 0.3) is 0 Å². The van der Waals surface area contributed by atoms with E-state index >= 15 is 0 Å². The average Bonchev–Trinajstić information content (AvgIpc) is 2.29. The van der Waals surface area contributed by atoms with Crippen LogP contribution in [0.5, 0.6) is 0 Å². The molecule has 0 radical (unpaired) electrons. The van der Waals surface area contributed by atoms with Crippen LogP contribution in [-0.2, 0) is 13.6 Å². The van der Waals surface area contributed by atoms with Gasteiger partial charge in [0.1, 0.15) is 11.6 Å². The summed E-state index contributed by atoms with van der Waals surface area (Å²) in [4.78, 5) is 0. The van der Waals surface area contributed by atoms with Gasteiger partial charge in [-0.05, 0) is 31.5 Å². The Kier molecular flexibility index (Phi) is 5.95. The van der Waals surface area contributed by atoms with E-state index in [1.54, 1.807) is 13.8 Å². The van der Waals surface area contributed by atoms with Gasteiger partial charge in [-0.2, -0.15) is 0 Å². The topological polar surface area (TPSA) is 61.5 Å². The molecular weight excluding hydrogens is 324 g/mol. The van der Waals surface area contributed by atoms with E-state index in [2.05, 4.69) is 15.9 Å². The van der Waals surface area contributed by atoms with Crippen LogP contribution in [0.1, 0.15) is 25.2 Å². The van der Waals surface area contributed by atoms with E-state index in [9.17, 15) is 8.96 Å². The molecule has 0 unspecified atom stereocenters. The molecule has 0 aliphatic rings. The predicted molar refractivity (Wildman–Crippen MR) is 71.9 cm³/mol. The van der Waals surface area contributed by atoms with Crippen LogP contribution < -0.4 is 5.73 Å². The van der Waals surface area contributed by atoms with Crippen LogP contribution in [0.3, 0.4) is 0 Å². The summed E-state index contributed by atoms with van der Waals surface area (Å²) in [5.41, 5.74) is 6.42. The van der Waals surface area contributed by atoms with E-state index < -0.39 is 19.2 Å². The molecule has 7 heteroatoms. The molecule has 1 aromatic carbocycles. The van der Waals surface area contributed by atoms with Crippen LogP contribution in [0.4, 0.5) is 4.39 Å². The molecule has 0 saturated carbocycles. The van der Waals surface area contributed by atoms with E-state index in [0.29, 0.717) is 10.0 Å². The van der Waals surface area contributed by atoms with Gasteiger partial charge in [-0.25, -0.2) is 4.39 Å². The van der Waals surface area contributed by atoms with Crippen molar-refractivity contribution in [3.8, 4) is 0 Å². The van der Waals surface area contributed by atoms with Crippen molar-refractivity contribution in [2.45, 2.75) is 19.6 Å². The minimum absolute atomic E-state index is 0.226. The molecular formula is C11H16BrFNO3P. The maximum absolute atomic E-state index is 13.0. The average molecular weight is 340 g/mol. The summed E-state index contributed by atoms with van der Waals surface area (Å²) in [5.74, 6) is -1.35. The highest BCUT2D eigenvalue weighted by molar-refractivity contribution is 9.10. The molecule has 0 saturated heterocycles. The Hall–Kier alpha value is -0.260. The summed E-state index contributed by atoms with van der Waals surface area (Å²) < 4.78 is 36.2. The summed E-state index contributed by atoms with van der Waals surface area (Å²) in [7, 11) is -3.45. The summed E-state index contributed by atoms with van der Waals surface area (Å²) in [5, 5.41) is 0. The van der Waals surface area contributed by atoms with E-state index in [1.165, 1.54) is 18.2 Å². The third-order valence-corrected chi connectivity index (χ3v) is 5.12. The van der Waals surface area contributed by atoms with Gasteiger partial charge in [0, 0.05) is 4.47 Å². The Bertz CT molecular complexity index is 448. The molecule has 0 fully saturated rings. The fraction of sp³-hybridized carbons (Fsp3) is 0.455. The van der Waals surface area contributed by atoms with Gasteiger partial charge in [0.2, 0.25) is 0 Å². The maximum Gasteiger partial charge on any atom is 0.351 e. The second kappa shape index (κ2) is 6.78. The van der Waals surface area contributed by atoms with Gasteiger partial charge in [0.15, 0.2) is 0 Å². The van der Waals surface area contributed by atoms with Crippen molar-refractivity contribution in [1.82, 2.24) is 0 Å². The Labute approximate surface area is 114 Å². The molecule has 1 aromatic rings. The minimum atomic E-state index is -3.45. The second-order valence-electron chi connectivity index (χ2n) is 3.49. The van der Waals surface area contributed by atoms with Gasteiger partial charge in [0.05, 0.1) is 13.2 Å². The molecule has 0 bridgehead atoms. The van der Waals surface area contributed by atoms with Crippen LogP contribution in [0.15, 0.2) is 22.7 Å². The van der Waals surface area contributed by atoms with E-state index in [-0.39, 0.29) is 13.2 Å². The van der Waals surface area contributed by atoms with Crippen LogP contribution in [0.2, 0.25) is 0 Å². The fourth-order valence-corrected chi connectivity index (χ4v) is 3.93. The smallest absolute Gasteiger partial charge is 0.314 e. The Morgan fingerprint density at radius 2 is 1.94 bits per heavy atom. The maximum atomic E-state index is 13.0. The summed E-state index contributed by atoms with van der Waals surface area (Å²) in [6.45, 7) is 3.86. The van der Waals surface area contributed by atoms with Crippen LogP contribution in [0, 0.1) is 5.82 Å². The van der Waals surface area contributed by atoms with Gasteiger partial charge in [-0.15, -0.1) is 0 Å². The number of hydrogen-bond donors (Lipinski definition) is 1. The largest absolute Gasteiger partial charge is 0.351 e. The molecule has 0 amide bonds. The molecule has 0 aliphatic carbocycles. The monoisotopic (exact) mass is 339 g/mol. The highest BCUT2D eigenvalue weighted by Gasteiger charge is 2.35. The Morgan fingerprint density at radius 1 is 1.39 bits per heavy atom. The van der Waals surface area contributed by atoms with Crippen molar-refractivity contribution in [3.05, 3.63) is 34.1 Å². The highest BCUT2D eigenvalue weighted by Crippen LogP contribution is 2.59. The molecule has 2 N–H and O–H groups in total. The van der Waals surface area contributed by atoms with Gasteiger partial charge in [0.25, 0.3) is 0 Å². The number of hydrogen-bond acceptors (Lipinski definition) is 4. The molecule has 4 nitrogen and oxygen atoms in total. The second-order valence-corrected chi connectivity index (χ2v) is 6.49. The van der Waals surface area contributed by atoms with Gasteiger partial charge >= 0.3 is 7.60 Å². The lowest BCUT2D eigenvalue weighted by Crippen LogP contribution is -2.15. The molecule has 0 spiro atoms. The van der Waals surface area contributed by atoms with Crippen LogP contribution >= 0.6 is 23.5 Å². The first-order valence-electron chi connectivity index (χ1n) is 5.54. The van der Waals surface area contributed by atoms with Crippen LogP contribution in [-0.4, -0.2) is 13.2 Å². The fourth-order valence-electron chi connectivity index (χ4n) is 1.47. The lowest BCUT2D eigenvalue weighted by molar-refractivity contribution is 0.212. The van der Waals surface area contributed by atoms with Crippen molar-refractivity contribution >= 4 is 23.5 Å². The van der Waals surface area contributed by atoms with E-state index in [0.717, 1.165) is 0 Å². The molecule has 102 valence electrons. The third kappa shape index (κ3) is 3.62. The van der Waals surface area contributed by atoms with Gasteiger partial charge in [-0.3, -0.25) is 4.57 Å². The summed E-state index contributed by atoms with van der Waals surface area (Å²) in [6.07, 6.45) is 0. The number of nitrogens with two attached hydrogens (primary N) is 1. The van der Waals surface area contributed by atoms with Crippen molar-refractivity contribution in [1.29, 1.82) is 0 Å². The van der Waals surface area contributed by atoms with Gasteiger partial charge < -0.3 is 14.8 Å². The van der Waals surface area contributed by atoms with Crippen molar-refractivity contribution < 1.29 is 18.0 Å². The third-order valence-electron chi connectivity index (χ3n) is 2.24. The standard InChI is InChI=1S/C11H16BrFNO3P/c1-3-16-18(15,17-4-2)11(14)9-6-5-8(13)7-10(9)12/h5-7,11H,3-4,14H2,1-2H3/t11-/m0/s1. The normalized spacial score (nSPS) is 13.6. The van der Waals surface area contributed by atoms with Crippen molar-refractivity contribution in [3.63, 3.8) is 0 Å². The zero-order valence-electron chi connectivity index (χ0n) is 10.2. The first kappa shape index (κ1) is 15.8. The molecule has 1 rings (SSSR count). The van der Waals surface area contributed by atoms with E-state index in [4.69, 9.17) is 14.8 Å². The highest BCUT2D eigenvalue weighted by atomic mass is 79.9. The predicted octanol–water partition coefficient (Wildman–Crippen LogP) is 3.81. The first-order chi connectivity index (χ1) is 8.44. The molecule has 18 heavy (non-hydrogen) atoms. The van der Waals surface area contributed by atoms with E-state index in [1.807, 2.05) is 0 Å². The zero-order chi connectivity index (χ0) is 13.8. The lowest BCUT2D eigenvalue weighted by Gasteiger charge is -2.24. The summed E-state index contributed by atoms with van der Waals surface area (Å²) in [6, 6.07) is 3.98. The number of benzene rings is 1. The van der Waals surface area contributed by atoms with Crippen molar-refractivity contribution in [2.75, 3.05) is 13.2 Å². The molecule has 1 atom stereocenters. The number of halogens is 2. The molecule has 0 aliphatic heterocycles. The zero-order valence-corrected chi connectivity index (χ0v) is 12.7. The van der Waals surface area contributed by atoms with Crippen molar-refractivity contribution in [2.24, 2.45) is 5.73 Å². The Balaban J connectivity index is 3.09. The SMILES string of the molecule is CCOP(=O)(OCC)[C@H](N)c1ccc(F)cc1Br. The summed E-state index contributed by atoms with van der Waals surface area (Å²) >= 11 is 3.19. The van der Waals surface area contributed by atoms with Gasteiger partial charge in [-0.1, -0.05) is 22.0 Å². The lowest BCUT2D eigenvalue weighted by atomic mass is 10.2. The first-order valence-corrected chi connectivity index (χ1v) is 7.94.